The van der Waals surface area contributed by atoms with Gasteiger partial charge in [-0.1, -0.05) is 11.6 Å². The van der Waals surface area contributed by atoms with Crippen LogP contribution in [0.4, 0.5) is 11.4 Å². The molecule has 1 rings (SSSR count). The molecule has 0 aliphatic rings. The Morgan fingerprint density at radius 3 is 1.94 bits per heavy atom. The summed E-state index contributed by atoms with van der Waals surface area (Å²) in [6.07, 6.45) is 0. The Morgan fingerprint density at radius 2 is 1.61 bits per heavy atom. The van der Waals surface area contributed by atoms with Gasteiger partial charge in [-0.25, -0.2) is 8.42 Å². The minimum absolute atomic E-state index is 0. The molecule has 0 atom stereocenters. The molecule has 0 amide bonds. The maximum absolute atomic E-state index is 10.7. The quantitative estimate of drug-likeness (QED) is 0.273. The Labute approximate surface area is 127 Å². The number of nitrogens with zero attached hydrogens (tertiary/aromatic N) is 2. The zero-order chi connectivity index (χ0) is 13.4. The van der Waals surface area contributed by atoms with Crippen LogP contribution in [0.2, 0.25) is 5.02 Å². The first-order chi connectivity index (χ1) is 7.64. The van der Waals surface area contributed by atoms with Crippen molar-refractivity contribution in [3.8, 4) is 0 Å². The summed E-state index contributed by atoms with van der Waals surface area (Å²) in [5.74, 6) is 0. The van der Waals surface area contributed by atoms with Crippen LogP contribution in [-0.4, -0.2) is 22.8 Å². The van der Waals surface area contributed by atoms with Gasteiger partial charge in [-0.15, -0.1) is 0 Å². The fourth-order valence-corrected chi connectivity index (χ4v) is 2.06. The van der Waals surface area contributed by atoms with Gasteiger partial charge in [-0.2, -0.15) is 0 Å². The Balaban J connectivity index is 0.00000289. The van der Waals surface area contributed by atoms with Gasteiger partial charge in [0.2, 0.25) is 0 Å². The Hall–Kier alpha value is -0.780. The number of non-ortho nitro benzene ring substituents is 1. The van der Waals surface area contributed by atoms with Gasteiger partial charge in [0.25, 0.3) is 5.69 Å². The fourth-order valence-electron chi connectivity index (χ4n) is 1.03. The van der Waals surface area contributed by atoms with Gasteiger partial charge in [0.1, 0.15) is 20.0 Å². The smallest absolute Gasteiger partial charge is 0.744 e. The van der Waals surface area contributed by atoms with Crippen molar-refractivity contribution in [2.45, 2.75) is 4.90 Å². The van der Waals surface area contributed by atoms with E-state index in [1.54, 1.807) is 0 Å². The maximum atomic E-state index is 10.7. The average Bonchev–Trinajstić information content (AvgIpc) is 2.14. The Kier molecular flexibility index (Phi) is 5.65. The van der Waals surface area contributed by atoms with Crippen molar-refractivity contribution in [3.05, 3.63) is 37.4 Å². The molecule has 1 aromatic carbocycles. The minimum Gasteiger partial charge on any atom is -0.744 e. The molecule has 0 aromatic heterocycles. The van der Waals surface area contributed by atoms with Gasteiger partial charge < -0.3 is 4.55 Å². The largest absolute Gasteiger partial charge is 1.00 e. The summed E-state index contributed by atoms with van der Waals surface area (Å²) in [5.41, 5.74) is -2.00. The standard InChI is InChI=1S/C6H3ClN2O7S.Na/c7-4-1-3(8(10)11)2-5(17(14,15)16)6(4)9(12)13;/h1-2H,(H,14,15,16);/q;+1/p-1. The molecular weight excluding hydrogens is 303 g/mol. The zero-order valence-corrected chi connectivity index (χ0v) is 12.3. The summed E-state index contributed by atoms with van der Waals surface area (Å²) in [4.78, 5) is 17.4. The van der Waals surface area contributed by atoms with Crippen molar-refractivity contribution in [1.82, 2.24) is 0 Å². The van der Waals surface area contributed by atoms with E-state index >= 15 is 0 Å². The average molecular weight is 305 g/mol. The first-order valence-corrected chi connectivity index (χ1v) is 5.51. The summed E-state index contributed by atoms with van der Waals surface area (Å²) in [5, 5.41) is 20.1. The van der Waals surface area contributed by atoms with E-state index in [1.807, 2.05) is 0 Å². The number of nitro groups is 2. The second-order valence-corrected chi connectivity index (χ2v) is 4.50. The number of hydrogen-bond donors (Lipinski definition) is 0. The monoisotopic (exact) mass is 304 g/mol. The third-order valence-corrected chi connectivity index (χ3v) is 2.81. The van der Waals surface area contributed by atoms with Gasteiger partial charge in [0, 0.05) is 12.1 Å². The number of halogens is 1. The van der Waals surface area contributed by atoms with Gasteiger partial charge in [-0.3, -0.25) is 20.2 Å². The van der Waals surface area contributed by atoms with E-state index in [-0.39, 0.29) is 29.6 Å². The number of hydrogen-bond acceptors (Lipinski definition) is 7. The van der Waals surface area contributed by atoms with Gasteiger partial charge in [0.05, 0.1) is 9.85 Å². The van der Waals surface area contributed by atoms with Crippen LogP contribution < -0.4 is 29.6 Å². The Morgan fingerprint density at radius 1 is 1.11 bits per heavy atom. The van der Waals surface area contributed by atoms with E-state index in [4.69, 9.17) is 11.6 Å². The molecule has 0 unspecified atom stereocenters. The van der Waals surface area contributed by atoms with E-state index in [2.05, 4.69) is 0 Å². The van der Waals surface area contributed by atoms with Crippen LogP contribution in [0.15, 0.2) is 17.0 Å². The number of nitro benzene ring substituents is 2. The van der Waals surface area contributed by atoms with Crippen LogP contribution in [0.25, 0.3) is 0 Å². The predicted molar refractivity (Wildman–Crippen MR) is 52.7 cm³/mol. The van der Waals surface area contributed by atoms with Gasteiger partial charge in [-0.05, 0) is 0 Å². The van der Waals surface area contributed by atoms with Crippen LogP contribution >= 0.6 is 11.6 Å². The molecule has 0 fully saturated rings. The summed E-state index contributed by atoms with van der Waals surface area (Å²) in [6.45, 7) is 0. The second kappa shape index (κ2) is 5.91. The van der Waals surface area contributed by atoms with Crippen LogP contribution in [0, 0.1) is 20.2 Å². The molecule has 0 bridgehead atoms. The summed E-state index contributed by atoms with van der Waals surface area (Å²) in [7, 11) is -5.24. The molecule has 0 spiro atoms. The van der Waals surface area contributed by atoms with Crippen molar-refractivity contribution in [2.24, 2.45) is 0 Å². The Bertz CT molecular complexity index is 617. The van der Waals surface area contributed by atoms with Gasteiger partial charge in [0.15, 0.2) is 0 Å². The third-order valence-electron chi connectivity index (χ3n) is 1.68. The van der Waals surface area contributed by atoms with E-state index in [9.17, 15) is 33.2 Å². The van der Waals surface area contributed by atoms with Crippen molar-refractivity contribution in [2.75, 3.05) is 0 Å². The van der Waals surface area contributed by atoms with Crippen molar-refractivity contribution in [3.63, 3.8) is 0 Å². The molecule has 0 N–H and O–H groups in total. The minimum atomic E-state index is -5.24. The van der Waals surface area contributed by atoms with Gasteiger partial charge >= 0.3 is 35.2 Å². The third kappa shape index (κ3) is 3.60. The predicted octanol–water partition coefficient (Wildman–Crippen LogP) is -1.94. The fraction of sp³-hybridized carbons (Fsp3) is 0. The molecule has 9 nitrogen and oxygen atoms in total. The first kappa shape index (κ1) is 17.2. The topological polar surface area (TPSA) is 143 Å². The molecule has 0 radical (unpaired) electrons. The zero-order valence-electron chi connectivity index (χ0n) is 8.69. The molecule has 0 heterocycles. The molecule has 0 aliphatic carbocycles. The first-order valence-electron chi connectivity index (χ1n) is 3.73. The van der Waals surface area contributed by atoms with Crippen LogP contribution in [0.5, 0.6) is 0 Å². The molecule has 1 aromatic rings. The van der Waals surface area contributed by atoms with Crippen molar-refractivity contribution < 1.29 is 52.4 Å². The van der Waals surface area contributed by atoms with Crippen LogP contribution in [0.3, 0.4) is 0 Å². The SMILES string of the molecule is O=[N+]([O-])c1cc(Cl)c([N+](=O)[O-])c(S(=O)(=O)[O-])c1.[Na+]. The molecule has 12 heteroatoms. The molecule has 0 aliphatic heterocycles. The second-order valence-electron chi connectivity index (χ2n) is 2.74. The van der Waals surface area contributed by atoms with E-state index in [0.717, 1.165) is 0 Å². The summed E-state index contributed by atoms with van der Waals surface area (Å²) in [6, 6.07) is 0.890. The molecular formula is C6H2ClN2NaO7S. The normalized spacial score (nSPS) is 10.6. The van der Waals surface area contributed by atoms with E-state index < -0.39 is 41.3 Å². The van der Waals surface area contributed by atoms with Crippen LogP contribution in [0.1, 0.15) is 0 Å². The van der Waals surface area contributed by atoms with E-state index in [0.29, 0.717) is 12.1 Å². The van der Waals surface area contributed by atoms with Crippen molar-refractivity contribution in [1.29, 1.82) is 0 Å². The summed E-state index contributed by atoms with van der Waals surface area (Å²) < 4.78 is 32.2. The van der Waals surface area contributed by atoms with Crippen LogP contribution in [-0.2, 0) is 10.1 Å². The van der Waals surface area contributed by atoms with E-state index in [1.165, 1.54) is 0 Å². The molecule has 92 valence electrons. The number of benzene rings is 1. The molecule has 0 saturated heterocycles. The maximum Gasteiger partial charge on any atom is 1.00 e. The molecule has 0 saturated carbocycles. The summed E-state index contributed by atoms with van der Waals surface area (Å²) >= 11 is 5.33. The molecule has 18 heavy (non-hydrogen) atoms. The number of rotatable bonds is 3. The van der Waals surface area contributed by atoms with Crippen molar-refractivity contribution >= 4 is 33.1 Å².